The molecule has 0 spiro atoms. The lowest BCUT2D eigenvalue weighted by atomic mass is 10.0. The fraction of sp³-hybridized carbons (Fsp3) is 0.0769. The molecule has 0 aliphatic carbocycles. The third-order valence-corrected chi connectivity index (χ3v) is 4.27. The van der Waals surface area contributed by atoms with E-state index in [2.05, 4.69) is 0 Å². The summed E-state index contributed by atoms with van der Waals surface area (Å²) in [6.45, 7) is 0. The fourth-order valence-corrected chi connectivity index (χ4v) is 2.85. The molecule has 0 bridgehead atoms. The molecule has 0 unspecified atom stereocenters. The van der Waals surface area contributed by atoms with E-state index in [-0.39, 0.29) is 43.4 Å². The minimum atomic E-state index is -0.767. The number of nitro groups is 1. The lowest BCUT2D eigenvalue weighted by Gasteiger charge is -2.12. The van der Waals surface area contributed by atoms with E-state index in [0.29, 0.717) is 0 Å². The van der Waals surface area contributed by atoms with Crippen LogP contribution in [0.15, 0.2) is 18.2 Å². The minimum absolute atomic E-state index is 0.0274. The maximum absolute atomic E-state index is 10.9. The van der Waals surface area contributed by atoms with Gasteiger partial charge in [0.1, 0.15) is 5.75 Å². The third kappa shape index (κ3) is 3.17. The summed E-state index contributed by atoms with van der Waals surface area (Å²) in [6, 6.07) is 3.62. The first kappa shape index (κ1) is 17.0. The summed E-state index contributed by atoms with van der Waals surface area (Å²) in [6.07, 6.45) is -0.141. The first-order valence-corrected chi connectivity index (χ1v) is 7.24. The Morgan fingerprint density at radius 2 is 1.64 bits per heavy atom. The Morgan fingerprint density at radius 1 is 1.00 bits per heavy atom. The Bertz CT molecular complexity index is 753. The van der Waals surface area contributed by atoms with Gasteiger partial charge in [0.05, 0.1) is 20.0 Å². The molecule has 0 atom stereocenters. The summed E-state index contributed by atoms with van der Waals surface area (Å²) >= 11 is 23.5. The van der Waals surface area contributed by atoms with Crippen molar-refractivity contribution in [1.29, 1.82) is 0 Å². The quantitative estimate of drug-likeness (QED) is 0.433. The van der Waals surface area contributed by atoms with E-state index in [1.54, 1.807) is 0 Å². The second-order valence-corrected chi connectivity index (χ2v) is 5.98. The summed E-state index contributed by atoms with van der Waals surface area (Å²) in [4.78, 5) is 10.1. The zero-order valence-electron chi connectivity index (χ0n) is 10.6. The number of phenols is 2. The summed E-state index contributed by atoms with van der Waals surface area (Å²) in [5.74, 6) is -0.890. The van der Waals surface area contributed by atoms with Crippen molar-refractivity contribution >= 4 is 52.1 Å². The molecule has 116 valence electrons. The average Bonchev–Trinajstić information content (AvgIpc) is 2.44. The highest BCUT2D eigenvalue weighted by Gasteiger charge is 2.22. The molecule has 0 saturated heterocycles. The van der Waals surface area contributed by atoms with Crippen LogP contribution in [0.4, 0.5) is 5.69 Å². The monoisotopic (exact) mass is 381 g/mol. The van der Waals surface area contributed by atoms with Crippen molar-refractivity contribution in [3.63, 3.8) is 0 Å². The molecule has 0 fully saturated rings. The Kier molecular flexibility index (Phi) is 4.92. The summed E-state index contributed by atoms with van der Waals surface area (Å²) in [5.41, 5.74) is -0.313. The summed E-state index contributed by atoms with van der Waals surface area (Å²) in [5, 5.41) is 31.0. The molecule has 0 saturated carbocycles. The van der Waals surface area contributed by atoms with Crippen molar-refractivity contribution in [3.05, 3.63) is 59.5 Å². The number of nitrogens with zero attached hydrogens (tertiary/aromatic N) is 1. The normalized spacial score (nSPS) is 10.7. The van der Waals surface area contributed by atoms with E-state index in [4.69, 9.17) is 46.4 Å². The van der Waals surface area contributed by atoms with Crippen LogP contribution in [0.2, 0.25) is 20.1 Å². The number of nitro benzene ring substituents is 1. The molecule has 2 rings (SSSR count). The van der Waals surface area contributed by atoms with Gasteiger partial charge in [0.25, 0.3) is 0 Å². The topological polar surface area (TPSA) is 83.6 Å². The first-order chi connectivity index (χ1) is 10.2. The zero-order chi connectivity index (χ0) is 16.6. The minimum Gasteiger partial charge on any atom is -0.506 e. The van der Waals surface area contributed by atoms with Gasteiger partial charge in [0, 0.05) is 28.6 Å². The number of hydrogen-bond acceptors (Lipinski definition) is 4. The Morgan fingerprint density at radius 3 is 2.23 bits per heavy atom. The van der Waals surface area contributed by atoms with Crippen LogP contribution < -0.4 is 0 Å². The Labute approximate surface area is 144 Å². The van der Waals surface area contributed by atoms with E-state index < -0.39 is 16.4 Å². The van der Waals surface area contributed by atoms with Crippen LogP contribution in [-0.4, -0.2) is 15.1 Å². The van der Waals surface area contributed by atoms with Crippen LogP contribution in [-0.2, 0) is 6.42 Å². The number of hydrogen-bond donors (Lipinski definition) is 2. The van der Waals surface area contributed by atoms with Crippen LogP contribution in [0.3, 0.4) is 0 Å². The fourth-order valence-electron chi connectivity index (χ4n) is 1.90. The highest BCUT2D eigenvalue weighted by molar-refractivity contribution is 6.44. The first-order valence-electron chi connectivity index (χ1n) is 5.73. The highest BCUT2D eigenvalue weighted by Crippen LogP contribution is 2.42. The molecule has 0 amide bonds. The van der Waals surface area contributed by atoms with Gasteiger partial charge in [-0.15, -0.1) is 0 Å². The number of halogens is 4. The van der Waals surface area contributed by atoms with Crippen molar-refractivity contribution in [2.75, 3.05) is 0 Å². The molecule has 22 heavy (non-hydrogen) atoms. The lowest BCUT2D eigenvalue weighted by molar-refractivity contribution is -0.385. The van der Waals surface area contributed by atoms with E-state index >= 15 is 0 Å². The van der Waals surface area contributed by atoms with E-state index in [0.717, 1.165) is 6.07 Å². The van der Waals surface area contributed by atoms with Crippen LogP contribution in [0.1, 0.15) is 11.1 Å². The zero-order valence-corrected chi connectivity index (χ0v) is 13.6. The highest BCUT2D eigenvalue weighted by atomic mass is 35.5. The molecule has 2 aromatic carbocycles. The van der Waals surface area contributed by atoms with Gasteiger partial charge in [0.15, 0.2) is 5.75 Å². The predicted molar refractivity (Wildman–Crippen MR) is 85.7 cm³/mol. The number of phenolic OH excluding ortho intramolecular Hbond substituents is 2. The Hall–Kier alpha value is -1.40. The number of benzene rings is 2. The molecule has 0 radical (unpaired) electrons. The number of rotatable bonds is 3. The second kappa shape index (κ2) is 6.38. The van der Waals surface area contributed by atoms with Crippen LogP contribution in [0, 0.1) is 10.1 Å². The largest absolute Gasteiger partial charge is 0.506 e. The van der Waals surface area contributed by atoms with Crippen LogP contribution in [0.25, 0.3) is 0 Å². The van der Waals surface area contributed by atoms with Crippen molar-refractivity contribution < 1.29 is 15.1 Å². The van der Waals surface area contributed by atoms with Gasteiger partial charge in [-0.05, 0) is 12.1 Å². The van der Waals surface area contributed by atoms with Gasteiger partial charge in [-0.25, -0.2) is 0 Å². The predicted octanol–water partition coefficient (Wildman–Crippen LogP) is 5.21. The molecular weight excluding hydrogens is 376 g/mol. The van der Waals surface area contributed by atoms with E-state index in [9.17, 15) is 20.3 Å². The molecule has 0 aliphatic heterocycles. The molecule has 5 nitrogen and oxygen atoms in total. The van der Waals surface area contributed by atoms with Gasteiger partial charge in [-0.1, -0.05) is 46.4 Å². The SMILES string of the molecule is O=[N+]([O-])c1cc(Cl)cc(Cc2c(O)c(Cl)cc(Cl)c2Cl)c1O. The molecule has 0 aliphatic rings. The van der Waals surface area contributed by atoms with Crippen LogP contribution >= 0.6 is 46.4 Å². The molecule has 9 heteroatoms. The average molecular weight is 383 g/mol. The van der Waals surface area contributed by atoms with Crippen molar-refractivity contribution in [1.82, 2.24) is 0 Å². The van der Waals surface area contributed by atoms with Crippen molar-refractivity contribution in [2.45, 2.75) is 6.42 Å². The Balaban J connectivity index is 2.60. The van der Waals surface area contributed by atoms with Crippen LogP contribution in [0.5, 0.6) is 11.5 Å². The van der Waals surface area contributed by atoms with Gasteiger partial charge in [0.2, 0.25) is 0 Å². The molecule has 0 heterocycles. The van der Waals surface area contributed by atoms with Gasteiger partial charge < -0.3 is 10.2 Å². The van der Waals surface area contributed by atoms with Gasteiger partial charge in [-0.2, -0.15) is 0 Å². The van der Waals surface area contributed by atoms with Crippen molar-refractivity contribution in [3.8, 4) is 11.5 Å². The van der Waals surface area contributed by atoms with Gasteiger partial charge >= 0.3 is 5.69 Å². The maximum atomic E-state index is 10.9. The smallest absolute Gasteiger partial charge is 0.312 e. The molecule has 0 aromatic heterocycles. The lowest BCUT2D eigenvalue weighted by Crippen LogP contribution is -1.96. The second-order valence-electron chi connectivity index (χ2n) is 4.35. The standard InChI is InChI=1S/C13H7Cl4NO4/c14-6-1-5(12(19)10(3-6)18(21)22)2-7-11(17)8(15)4-9(16)13(7)20/h1,3-4,19-20H,2H2. The van der Waals surface area contributed by atoms with Crippen molar-refractivity contribution in [2.24, 2.45) is 0 Å². The number of aromatic hydroxyl groups is 2. The summed E-state index contributed by atoms with van der Waals surface area (Å²) in [7, 11) is 0. The van der Waals surface area contributed by atoms with Gasteiger partial charge in [-0.3, -0.25) is 10.1 Å². The molecule has 2 N–H and O–H groups in total. The maximum Gasteiger partial charge on any atom is 0.312 e. The molecule has 2 aromatic rings. The van der Waals surface area contributed by atoms with E-state index in [1.165, 1.54) is 12.1 Å². The van der Waals surface area contributed by atoms with E-state index in [1.807, 2.05) is 0 Å². The summed E-state index contributed by atoms with van der Waals surface area (Å²) < 4.78 is 0. The third-order valence-electron chi connectivity index (χ3n) is 2.94. The molecular formula is C13H7Cl4NO4.